The van der Waals surface area contributed by atoms with Gasteiger partial charge in [-0.25, -0.2) is 0 Å². The number of carbonyl (C=O) groups excluding carboxylic acids is 1. The van der Waals surface area contributed by atoms with Crippen LogP contribution in [0.1, 0.15) is 26.7 Å². The third-order valence-corrected chi connectivity index (χ3v) is 3.42. The maximum atomic E-state index is 12.3. The third-order valence-electron chi connectivity index (χ3n) is 3.42. The predicted molar refractivity (Wildman–Crippen MR) is 69.4 cm³/mol. The summed E-state index contributed by atoms with van der Waals surface area (Å²) in [4.78, 5) is 14.3. The van der Waals surface area contributed by atoms with E-state index in [1.165, 1.54) is 0 Å². The van der Waals surface area contributed by atoms with E-state index in [0.29, 0.717) is 5.91 Å². The minimum absolute atomic E-state index is 0. The lowest BCUT2D eigenvalue weighted by atomic mass is 9.96. The molecule has 0 aromatic carbocycles. The van der Waals surface area contributed by atoms with Crippen molar-refractivity contribution in [2.24, 2.45) is 5.92 Å². The summed E-state index contributed by atoms with van der Waals surface area (Å²) in [5.74, 6) is 0.572. The molecule has 0 aromatic rings. The lowest BCUT2D eigenvalue weighted by Gasteiger charge is -2.37. The van der Waals surface area contributed by atoms with Crippen molar-refractivity contribution < 1.29 is 9.53 Å². The second-order valence-electron chi connectivity index (χ2n) is 5.02. The largest absolute Gasteiger partial charge is 0.372 e. The van der Waals surface area contributed by atoms with E-state index in [2.05, 4.69) is 5.32 Å². The fourth-order valence-electron chi connectivity index (χ4n) is 2.68. The molecule has 1 N–H and O–H groups in total. The monoisotopic (exact) mass is 262 g/mol. The van der Waals surface area contributed by atoms with E-state index in [0.717, 1.165) is 39.0 Å². The normalized spacial score (nSPS) is 30.8. The van der Waals surface area contributed by atoms with E-state index in [-0.39, 0.29) is 30.5 Å². The number of morpholine rings is 1. The Labute approximate surface area is 109 Å². The number of piperidine rings is 1. The summed E-state index contributed by atoms with van der Waals surface area (Å²) in [6, 6.07) is 0. The Bertz CT molecular complexity index is 247. The Morgan fingerprint density at radius 2 is 1.71 bits per heavy atom. The summed E-state index contributed by atoms with van der Waals surface area (Å²) in [5, 5.41) is 3.29. The molecule has 0 aliphatic carbocycles. The third kappa shape index (κ3) is 3.83. The van der Waals surface area contributed by atoms with Gasteiger partial charge >= 0.3 is 0 Å². The first kappa shape index (κ1) is 14.7. The van der Waals surface area contributed by atoms with Gasteiger partial charge in [-0.05, 0) is 39.8 Å². The second-order valence-corrected chi connectivity index (χ2v) is 5.02. The highest BCUT2D eigenvalue weighted by Crippen LogP contribution is 2.19. The number of hydrogen-bond donors (Lipinski definition) is 1. The van der Waals surface area contributed by atoms with E-state index < -0.39 is 0 Å². The maximum absolute atomic E-state index is 12.3. The van der Waals surface area contributed by atoms with Gasteiger partial charge in [0.05, 0.1) is 12.2 Å². The lowest BCUT2D eigenvalue weighted by molar-refractivity contribution is -0.148. The molecule has 100 valence electrons. The molecule has 0 saturated carbocycles. The van der Waals surface area contributed by atoms with E-state index in [1.807, 2.05) is 18.7 Å². The minimum atomic E-state index is 0. The molecule has 2 saturated heterocycles. The molecule has 2 aliphatic heterocycles. The Morgan fingerprint density at radius 3 is 2.24 bits per heavy atom. The standard InChI is InChI=1S/C12H22N2O2.ClH/c1-9-7-14(8-10(2)16-9)12(15)11-3-5-13-6-4-11;/h9-11,13H,3-8H2,1-2H3;1H/t9-,10+;. The number of nitrogens with one attached hydrogen (secondary N) is 1. The van der Waals surface area contributed by atoms with Crippen molar-refractivity contribution in [1.29, 1.82) is 0 Å². The molecule has 0 radical (unpaired) electrons. The van der Waals surface area contributed by atoms with Crippen molar-refractivity contribution in [3.63, 3.8) is 0 Å². The molecule has 0 spiro atoms. The van der Waals surface area contributed by atoms with E-state index in [4.69, 9.17) is 4.74 Å². The van der Waals surface area contributed by atoms with Crippen LogP contribution in [0.3, 0.4) is 0 Å². The van der Waals surface area contributed by atoms with Crippen molar-refractivity contribution in [2.45, 2.75) is 38.9 Å². The summed E-state index contributed by atoms with van der Waals surface area (Å²) < 4.78 is 5.65. The van der Waals surface area contributed by atoms with Crippen molar-refractivity contribution >= 4 is 18.3 Å². The average molecular weight is 263 g/mol. The van der Waals surface area contributed by atoms with E-state index in [1.54, 1.807) is 0 Å². The number of carbonyl (C=O) groups is 1. The molecule has 2 atom stereocenters. The number of nitrogens with zero attached hydrogens (tertiary/aromatic N) is 1. The zero-order chi connectivity index (χ0) is 11.5. The molecule has 4 nitrogen and oxygen atoms in total. The van der Waals surface area contributed by atoms with E-state index >= 15 is 0 Å². The number of ether oxygens (including phenoxy) is 1. The second kappa shape index (κ2) is 6.57. The Morgan fingerprint density at radius 1 is 1.18 bits per heavy atom. The van der Waals surface area contributed by atoms with Crippen LogP contribution in [0, 0.1) is 5.92 Å². The first-order valence-electron chi connectivity index (χ1n) is 6.32. The van der Waals surface area contributed by atoms with Gasteiger partial charge in [-0.2, -0.15) is 0 Å². The smallest absolute Gasteiger partial charge is 0.225 e. The van der Waals surface area contributed by atoms with Crippen molar-refractivity contribution in [2.75, 3.05) is 26.2 Å². The molecule has 5 heteroatoms. The van der Waals surface area contributed by atoms with Crippen molar-refractivity contribution in [3.8, 4) is 0 Å². The molecule has 2 fully saturated rings. The van der Waals surface area contributed by atoms with Crippen LogP contribution >= 0.6 is 12.4 Å². The molecule has 0 unspecified atom stereocenters. The summed E-state index contributed by atoms with van der Waals surface area (Å²) >= 11 is 0. The van der Waals surface area contributed by atoms with Crippen LogP contribution in [0.5, 0.6) is 0 Å². The molecule has 2 heterocycles. The zero-order valence-electron chi connectivity index (χ0n) is 10.6. The van der Waals surface area contributed by atoms with Crippen LogP contribution in [0.4, 0.5) is 0 Å². The molecule has 17 heavy (non-hydrogen) atoms. The van der Waals surface area contributed by atoms with Crippen molar-refractivity contribution in [3.05, 3.63) is 0 Å². The Balaban J connectivity index is 0.00000144. The van der Waals surface area contributed by atoms with Crippen LogP contribution in [-0.4, -0.2) is 49.2 Å². The van der Waals surface area contributed by atoms with Gasteiger partial charge in [0, 0.05) is 19.0 Å². The summed E-state index contributed by atoms with van der Waals surface area (Å²) in [6.45, 7) is 7.55. The highest BCUT2D eigenvalue weighted by molar-refractivity contribution is 5.85. The maximum Gasteiger partial charge on any atom is 0.225 e. The lowest BCUT2D eigenvalue weighted by Crippen LogP contribution is -2.51. The number of halogens is 1. The molecule has 1 amide bonds. The molecule has 0 aromatic heterocycles. The molecular weight excluding hydrogens is 240 g/mol. The highest BCUT2D eigenvalue weighted by Gasteiger charge is 2.30. The van der Waals surface area contributed by atoms with Gasteiger partial charge in [0.2, 0.25) is 5.91 Å². The van der Waals surface area contributed by atoms with Gasteiger partial charge in [-0.15, -0.1) is 12.4 Å². The quantitative estimate of drug-likeness (QED) is 0.768. The van der Waals surface area contributed by atoms with Gasteiger partial charge < -0.3 is 15.0 Å². The van der Waals surface area contributed by atoms with Gasteiger partial charge in [-0.1, -0.05) is 0 Å². The fourth-order valence-corrected chi connectivity index (χ4v) is 2.68. The first-order valence-corrected chi connectivity index (χ1v) is 6.32. The van der Waals surface area contributed by atoms with Gasteiger partial charge in [0.1, 0.15) is 0 Å². The topological polar surface area (TPSA) is 41.6 Å². The first-order chi connectivity index (χ1) is 7.66. The van der Waals surface area contributed by atoms with Gasteiger partial charge in [0.15, 0.2) is 0 Å². The van der Waals surface area contributed by atoms with Crippen LogP contribution in [0.2, 0.25) is 0 Å². The van der Waals surface area contributed by atoms with Crippen molar-refractivity contribution in [1.82, 2.24) is 10.2 Å². The zero-order valence-corrected chi connectivity index (χ0v) is 11.5. The highest BCUT2D eigenvalue weighted by atomic mass is 35.5. The molecular formula is C12H23ClN2O2. The fraction of sp³-hybridized carbons (Fsp3) is 0.917. The predicted octanol–water partition coefficient (Wildman–Crippen LogP) is 1.04. The summed E-state index contributed by atoms with van der Waals surface area (Å²) in [7, 11) is 0. The van der Waals surface area contributed by atoms with Crippen LogP contribution in [-0.2, 0) is 9.53 Å². The molecule has 2 aliphatic rings. The summed E-state index contributed by atoms with van der Waals surface area (Å²) in [5.41, 5.74) is 0. The van der Waals surface area contributed by atoms with Gasteiger partial charge in [0.25, 0.3) is 0 Å². The van der Waals surface area contributed by atoms with E-state index in [9.17, 15) is 4.79 Å². The minimum Gasteiger partial charge on any atom is -0.372 e. The number of amides is 1. The SMILES string of the molecule is C[C@@H]1CN(C(=O)C2CCNCC2)C[C@H](C)O1.Cl. The number of rotatable bonds is 1. The number of hydrogen-bond acceptors (Lipinski definition) is 3. The van der Waals surface area contributed by atoms with Gasteiger partial charge in [-0.3, -0.25) is 4.79 Å². The summed E-state index contributed by atoms with van der Waals surface area (Å²) in [6.07, 6.45) is 2.32. The Kier molecular flexibility index (Phi) is 5.70. The Hall–Kier alpha value is -0.320. The molecule has 2 rings (SSSR count). The van der Waals surface area contributed by atoms with Crippen LogP contribution < -0.4 is 5.32 Å². The molecule has 0 bridgehead atoms. The van der Waals surface area contributed by atoms with Crippen LogP contribution in [0.15, 0.2) is 0 Å². The van der Waals surface area contributed by atoms with Crippen LogP contribution in [0.25, 0.3) is 0 Å². The average Bonchev–Trinajstić information content (AvgIpc) is 2.28.